The monoisotopic (exact) mass is 490 g/mol. The first-order valence-electron chi connectivity index (χ1n) is 11.9. The summed E-state index contributed by atoms with van der Waals surface area (Å²) in [5.41, 5.74) is 0.215. The zero-order valence-electron chi connectivity index (χ0n) is 21.1. The second-order valence-corrected chi connectivity index (χ2v) is 10.2. The van der Waals surface area contributed by atoms with E-state index in [-0.39, 0.29) is 12.7 Å². The summed E-state index contributed by atoms with van der Waals surface area (Å²) in [6.07, 6.45) is 5.78. The Balaban J connectivity index is 1.85. The van der Waals surface area contributed by atoms with Gasteiger partial charge in [-0.25, -0.2) is 0 Å². The van der Waals surface area contributed by atoms with Gasteiger partial charge in [0.15, 0.2) is 5.79 Å². The molecule has 1 aromatic rings. The standard InChI is InChI=1S/C26H35FN2O6/c1-7-8-9-10-17(2)15-33-24(30)25(3,4)23-12-18-11-22(29(31)32)20(27)13-21(18)28(23)14-19-16-34-26(5,6)35-19/h9-11,13,19,23H,2,7-8,12,14-16H2,1,3-6H3/b10-9-/t19-,23-/m0/s1. The fourth-order valence-corrected chi connectivity index (χ4v) is 4.54. The smallest absolute Gasteiger partial charge is 0.313 e. The first-order valence-corrected chi connectivity index (χ1v) is 11.9. The number of anilines is 1. The van der Waals surface area contributed by atoms with Crippen molar-refractivity contribution < 1.29 is 28.3 Å². The van der Waals surface area contributed by atoms with E-state index in [0.717, 1.165) is 12.8 Å². The molecule has 2 aliphatic heterocycles. The van der Waals surface area contributed by atoms with Crippen LogP contribution in [0.5, 0.6) is 0 Å². The first-order chi connectivity index (χ1) is 16.4. The molecule has 3 rings (SSSR count). The molecule has 0 amide bonds. The van der Waals surface area contributed by atoms with E-state index in [1.807, 2.05) is 30.9 Å². The van der Waals surface area contributed by atoms with Crippen LogP contribution in [-0.4, -0.2) is 48.6 Å². The molecule has 35 heavy (non-hydrogen) atoms. The summed E-state index contributed by atoms with van der Waals surface area (Å²) in [4.78, 5) is 25.7. The maximum atomic E-state index is 14.6. The fraction of sp³-hybridized carbons (Fsp3) is 0.577. The van der Waals surface area contributed by atoms with Crippen LogP contribution in [0.25, 0.3) is 0 Å². The van der Waals surface area contributed by atoms with Gasteiger partial charge in [-0.3, -0.25) is 14.9 Å². The second-order valence-electron chi connectivity index (χ2n) is 10.2. The molecule has 1 aromatic carbocycles. The van der Waals surface area contributed by atoms with Crippen molar-refractivity contribution >= 4 is 17.3 Å². The summed E-state index contributed by atoms with van der Waals surface area (Å²) in [5, 5.41) is 11.3. The number of carbonyl (C=O) groups excluding carboxylic acids is 1. The topological polar surface area (TPSA) is 91.1 Å². The van der Waals surface area contributed by atoms with E-state index in [0.29, 0.717) is 36.4 Å². The highest BCUT2D eigenvalue weighted by Crippen LogP contribution is 2.43. The molecule has 0 unspecified atom stereocenters. The predicted octanol–water partition coefficient (Wildman–Crippen LogP) is 5.10. The number of hydrogen-bond donors (Lipinski definition) is 0. The first kappa shape index (κ1) is 26.8. The highest BCUT2D eigenvalue weighted by molar-refractivity contribution is 5.79. The second kappa shape index (κ2) is 10.5. The zero-order chi connectivity index (χ0) is 26.0. The summed E-state index contributed by atoms with van der Waals surface area (Å²) in [6, 6.07) is 2.01. The third-order valence-electron chi connectivity index (χ3n) is 6.47. The minimum Gasteiger partial charge on any atom is -0.460 e. The van der Waals surface area contributed by atoms with Crippen LogP contribution in [0.4, 0.5) is 15.8 Å². The van der Waals surface area contributed by atoms with Crippen molar-refractivity contribution in [3.05, 3.63) is 57.9 Å². The van der Waals surface area contributed by atoms with Gasteiger partial charge in [-0.1, -0.05) is 32.1 Å². The summed E-state index contributed by atoms with van der Waals surface area (Å²) in [7, 11) is 0. The average Bonchev–Trinajstić information content (AvgIpc) is 3.30. The van der Waals surface area contributed by atoms with Gasteiger partial charge in [0.05, 0.1) is 16.9 Å². The minimum absolute atomic E-state index is 0.0655. The Kier molecular flexibility index (Phi) is 8.01. The van der Waals surface area contributed by atoms with Crippen LogP contribution in [0.3, 0.4) is 0 Å². The van der Waals surface area contributed by atoms with Gasteiger partial charge in [0.1, 0.15) is 12.7 Å². The molecule has 2 aliphatic rings. The molecule has 0 N–H and O–H groups in total. The van der Waals surface area contributed by atoms with Crippen molar-refractivity contribution in [3.63, 3.8) is 0 Å². The van der Waals surface area contributed by atoms with E-state index in [2.05, 4.69) is 13.5 Å². The number of halogens is 1. The number of benzene rings is 1. The molecule has 0 bridgehead atoms. The van der Waals surface area contributed by atoms with Gasteiger partial charge >= 0.3 is 11.7 Å². The van der Waals surface area contributed by atoms with Gasteiger partial charge in [0.2, 0.25) is 5.82 Å². The maximum Gasteiger partial charge on any atom is 0.313 e. The van der Waals surface area contributed by atoms with E-state index in [9.17, 15) is 19.3 Å². The number of carbonyl (C=O) groups is 1. The lowest BCUT2D eigenvalue weighted by molar-refractivity contribution is -0.387. The molecule has 0 radical (unpaired) electrons. The largest absolute Gasteiger partial charge is 0.460 e. The molecule has 8 nitrogen and oxygen atoms in total. The van der Waals surface area contributed by atoms with Gasteiger partial charge in [-0.2, -0.15) is 4.39 Å². The van der Waals surface area contributed by atoms with Gasteiger partial charge in [-0.15, -0.1) is 0 Å². The van der Waals surface area contributed by atoms with Crippen molar-refractivity contribution in [2.45, 2.75) is 71.8 Å². The lowest BCUT2D eigenvalue weighted by atomic mass is 9.82. The molecule has 2 heterocycles. The number of rotatable bonds is 10. The number of nitrogens with zero attached hydrogens (tertiary/aromatic N) is 2. The van der Waals surface area contributed by atoms with Crippen LogP contribution >= 0.6 is 0 Å². The van der Waals surface area contributed by atoms with Gasteiger partial charge in [0.25, 0.3) is 0 Å². The Morgan fingerprint density at radius 3 is 2.74 bits per heavy atom. The lowest BCUT2D eigenvalue weighted by Crippen LogP contribution is -2.51. The van der Waals surface area contributed by atoms with Crippen molar-refractivity contribution in [2.24, 2.45) is 5.41 Å². The highest BCUT2D eigenvalue weighted by Gasteiger charge is 2.48. The molecular formula is C26H35FN2O6. The van der Waals surface area contributed by atoms with Gasteiger partial charge in [-0.05, 0) is 51.7 Å². The normalized spacial score (nSPS) is 21.4. The Hall–Kier alpha value is -2.78. The predicted molar refractivity (Wildman–Crippen MR) is 131 cm³/mol. The van der Waals surface area contributed by atoms with Crippen molar-refractivity contribution in [2.75, 3.05) is 24.7 Å². The van der Waals surface area contributed by atoms with Crippen LogP contribution in [-0.2, 0) is 25.4 Å². The summed E-state index contributed by atoms with van der Waals surface area (Å²) in [6.45, 7) is 13.9. The van der Waals surface area contributed by atoms with E-state index in [4.69, 9.17) is 14.2 Å². The van der Waals surface area contributed by atoms with Crippen LogP contribution in [0, 0.1) is 21.3 Å². The van der Waals surface area contributed by atoms with Crippen LogP contribution in [0.2, 0.25) is 0 Å². The average molecular weight is 491 g/mol. The van der Waals surface area contributed by atoms with Gasteiger partial charge in [0, 0.05) is 30.4 Å². The molecule has 1 fully saturated rings. The molecule has 0 aliphatic carbocycles. The molecule has 1 saturated heterocycles. The Bertz CT molecular complexity index is 1020. The van der Waals surface area contributed by atoms with Crippen molar-refractivity contribution in [1.82, 2.24) is 0 Å². The number of hydrogen-bond acceptors (Lipinski definition) is 7. The highest BCUT2D eigenvalue weighted by atomic mass is 19.1. The molecule has 2 atom stereocenters. The van der Waals surface area contributed by atoms with E-state index >= 15 is 0 Å². The molecule has 0 spiro atoms. The minimum atomic E-state index is -1.01. The lowest BCUT2D eigenvalue weighted by Gasteiger charge is -2.38. The fourth-order valence-electron chi connectivity index (χ4n) is 4.54. The van der Waals surface area contributed by atoms with Crippen LogP contribution in [0.15, 0.2) is 36.4 Å². The van der Waals surface area contributed by atoms with E-state index < -0.39 is 39.6 Å². The quantitative estimate of drug-likeness (QED) is 0.195. The third kappa shape index (κ3) is 6.08. The van der Waals surface area contributed by atoms with Crippen molar-refractivity contribution in [3.8, 4) is 0 Å². The summed E-state index contributed by atoms with van der Waals surface area (Å²) < 4.78 is 31.8. The molecule has 0 aromatic heterocycles. The number of nitro benzene ring substituents is 1. The SMILES string of the molecule is C=C(/C=C\CCC)COC(=O)C(C)(C)[C@@H]1Cc2cc([N+](=O)[O-])c(F)cc2N1C[C@H]1COC(C)(C)O1. The number of ether oxygens (including phenoxy) is 3. The Morgan fingerprint density at radius 2 is 2.14 bits per heavy atom. The van der Waals surface area contributed by atoms with Gasteiger partial charge < -0.3 is 19.1 Å². The summed E-state index contributed by atoms with van der Waals surface area (Å²) in [5.74, 6) is -2.09. The van der Waals surface area contributed by atoms with Crippen molar-refractivity contribution in [1.29, 1.82) is 0 Å². The number of fused-ring (bicyclic) bond motifs is 1. The van der Waals surface area contributed by atoms with Crippen LogP contribution < -0.4 is 4.90 Å². The van der Waals surface area contributed by atoms with E-state index in [1.54, 1.807) is 13.8 Å². The Labute approximate surface area is 205 Å². The number of unbranched alkanes of at least 4 members (excludes halogenated alkanes) is 1. The zero-order valence-corrected chi connectivity index (χ0v) is 21.1. The molecule has 192 valence electrons. The molecule has 0 saturated carbocycles. The maximum absolute atomic E-state index is 14.6. The number of allylic oxidation sites excluding steroid dienone is 1. The number of esters is 1. The van der Waals surface area contributed by atoms with Crippen LogP contribution in [0.1, 0.15) is 53.0 Å². The molecule has 9 heteroatoms. The Morgan fingerprint density at radius 1 is 1.43 bits per heavy atom. The van der Waals surface area contributed by atoms with E-state index in [1.165, 1.54) is 12.1 Å². The summed E-state index contributed by atoms with van der Waals surface area (Å²) >= 11 is 0. The number of nitro groups is 1. The molecular weight excluding hydrogens is 455 g/mol. The third-order valence-corrected chi connectivity index (χ3v) is 6.47.